The minimum absolute atomic E-state index is 0.0595. The van der Waals surface area contributed by atoms with Crippen LogP contribution < -0.4 is 10.1 Å². The molecule has 1 N–H and O–H groups in total. The van der Waals surface area contributed by atoms with Gasteiger partial charge in [-0.15, -0.1) is 0 Å². The number of halogens is 3. The monoisotopic (exact) mass is 328 g/mol. The highest BCUT2D eigenvalue weighted by atomic mass is 35.5. The fraction of sp³-hybridized carbons (Fsp3) is 0.267. The second-order valence-corrected chi connectivity index (χ2v) is 5.23. The molecule has 0 unspecified atom stereocenters. The molecule has 1 aromatic carbocycles. The van der Waals surface area contributed by atoms with Gasteiger partial charge in [0, 0.05) is 12.6 Å². The SMILES string of the molecule is CCCNc1ccc(Cl)c(COc2ccc(Cl)c(F)c2)n1. The molecule has 6 heteroatoms. The molecule has 2 rings (SSSR count). The number of rotatable bonds is 6. The number of hydrogen-bond donors (Lipinski definition) is 1. The van der Waals surface area contributed by atoms with Crippen LogP contribution in [0.2, 0.25) is 10.0 Å². The topological polar surface area (TPSA) is 34.1 Å². The van der Waals surface area contributed by atoms with E-state index in [-0.39, 0.29) is 11.6 Å². The lowest BCUT2D eigenvalue weighted by atomic mass is 10.3. The van der Waals surface area contributed by atoms with Gasteiger partial charge in [0.1, 0.15) is 24.0 Å². The minimum atomic E-state index is -0.522. The average Bonchev–Trinajstić information content (AvgIpc) is 2.48. The van der Waals surface area contributed by atoms with Crippen molar-refractivity contribution in [2.24, 2.45) is 0 Å². The summed E-state index contributed by atoms with van der Waals surface area (Å²) in [5, 5.41) is 3.74. The molecule has 2 aromatic rings. The summed E-state index contributed by atoms with van der Waals surface area (Å²) in [6, 6.07) is 7.84. The Morgan fingerprint density at radius 3 is 2.67 bits per heavy atom. The fourth-order valence-corrected chi connectivity index (χ4v) is 1.93. The van der Waals surface area contributed by atoms with Gasteiger partial charge in [0.05, 0.1) is 15.7 Å². The molecule has 0 bridgehead atoms. The molecular formula is C15H15Cl2FN2O. The zero-order valence-corrected chi connectivity index (χ0v) is 13.0. The third kappa shape index (κ3) is 4.48. The maximum absolute atomic E-state index is 13.3. The van der Waals surface area contributed by atoms with Crippen LogP contribution in [0.25, 0.3) is 0 Å². The lowest BCUT2D eigenvalue weighted by Crippen LogP contribution is -2.05. The molecule has 0 fully saturated rings. The molecule has 0 atom stereocenters. The maximum atomic E-state index is 13.3. The van der Waals surface area contributed by atoms with Gasteiger partial charge in [-0.1, -0.05) is 30.1 Å². The van der Waals surface area contributed by atoms with Gasteiger partial charge < -0.3 is 10.1 Å². The number of anilines is 1. The van der Waals surface area contributed by atoms with Crippen molar-refractivity contribution < 1.29 is 9.13 Å². The zero-order chi connectivity index (χ0) is 15.2. The number of ether oxygens (including phenoxy) is 1. The molecule has 0 amide bonds. The molecular weight excluding hydrogens is 314 g/mol. The van der Waals surface area contributed by atoms with E-state index in [9.17, 15) is 4.39 Å². The first-order valence-electron chi connectivity index (χ1n) is 6.57. The van der Waals surface area contributed by atoms with E-state index in [0.717, 1.165) is 18.8 Å². The first kappa shape index (κ1) is 15.9. The molecule has 1 aromatic heterocycles. The molecule has 0 radical (unpaired) electrons. The van der Waals surface area contributed by atoms with E-state index in [1.807, 2.05) is 6.07 Å². The summed E-state index contributed by atoms with van der Waals surface area (Å²) in [6.45, 7) is 3.06. The highest BCUT2D eigenvalue weighted by molar-refractivity contribution is 6.31. The van der Waals surface area contributed by atoms with Crippen molar-refractivity contribution >= 4 is 29.0 Å². The van der Waals surface area contributed by atoms with Gasteiger partial charge in [-0.25, -0.2) is 9.37 Å². The smallest absolute Gasteiger partial charge is 0.145 e. The van der Waals surface area contributed by atoms with E-state index < -0.39 is 5.82 Å². The van der Waals surface area contributed by atoms with Crippen molar-refractivity contribution in [2.75, 3.05) is 11.9 Å². The summed E-state index contributed by atoms with van der Waals surface area (Å²) in [5.74, 6) is 0.593. The lowest BCUT2D eigenvalue weighted by molar-refractivity contribution is 0.300. The van der Waals surface area contributed by atoms with E-state index >= 15 is 0 Å². The van der Waals surface area contributed by atoms with Crippen molar-refractivity contribution in [3.63, 3.8) is 0 Å². The van der Waals surface area contributed by atoms with Crippen LogP contribution in [0.4, 0.5) is 10.2 Å². The third-order valence-electron chi connectivity index (χ3n) is 2.74. The number of nitrogens with zero attached hydrogens (tertiary/aromatic N) is 1. The van der Waals surface area contributed by atoms with Crippen LogP contribution >= 0.6 is 23.2 Å². The van der Waals surface area contributed by atoms with Gasteiger partial charge in [-0.2, -0.15) is 0 Å². The maximum Gasteiger partial charge on any atom is 0.145 e. The van der Waals surface area contributed by atoms with Crippen LogP contribution in [0.5, 0.6) is 5.75 Å². The summed E-state index contributed by atoms with van der Waals surface area (Å²) in [7, 11) is 0. The van der Waals surface area contributed by atoms with E-state index in [4.69, 9.17) is 27.9 Å². The van der Waals surface area contributed by atoms with Gasteiger partial charge in [-0.05, 0) is 30.7 Å². The minimum Gasteiger partial charge on any atom is -0.487 e. The molecule has 0 spiro atoms. The quantitative estimate of drug-likeness (QED) is 0.816. The summed E-state index contributed by atoms with van der Waals surface area (Å²) >= 11 is 11.7. The fourth-order valence-electron chi connectivity index (χ4n) is 1.66. The predicted octanol–water partition coefficient (Wildman–Crippen LogP) is 4.93. The van der Waals surface area contributed by atoms with Gasteiger partial charge in [0.25, 0.3) is 0 Å². The first-order valence-corrected chi connectivity index (χ1v) is 7.33. The van der Waals surface area contributed by atoms with Crippen LogP contribution in [0.3, 0.4) is 0 Å². The normalized spacial score (nSPS) is 10.5. The molecule has 0 saturated heterocycles. The van der Waals surface area contributed by atoms with Crippen molar-refractivity contribution in [3.05, 3.63) is 51.9 Å². The van der Waals surface area contributed by atoms with Gasteiger partial charge >= 0.3 is 0 Å². The van der Waals surface area contributed by atoms with Gasteiger partial charge in [0.2, 0.25) is 0 Å². The summed E-state index contributed by atoms with van der Waals surface area (Å²) in [6.07, 6.45) is 1.00. The van der Waals surface area contributed by atoms with Crippen molar-refractivity contribution in [2.45, 2.75) is 20.0 Å². The second kappa shape index (κ2) is 7.48. The average molecular weight is 329 g/mol. The predicted molar refractivity (Wildman–Crippen MR) is 83.8 cm³/mol. The molecule has 1 heterocycles. The van der Waals surface area contributed by atoms with Crippen molar-refractivity contribution in [3.8, 4) is 5.75 Å². The van der Waals surface area contributed by atoms with Crippen LogP contribution in [-0.2, 0) is 6.61 Å². The Bertz CT molecular complexity index is 623. The highest BCUT2D eigenvalue weighted by Crippen LogP contribution is 2.23. The molecule has 0 saturated carbocycles. The van der Waals surface area contributed by atoms with Crippen LogP contribution in [0.1, 0.15) is 19.0 Å². The Kier molecular flexibility index (Phi) is 5.65. The first-order chi connectivity index (χ1) is 10.1. The number of pyridine rings is 1. The van der Waals surface area contributed by atoms with E-state index in [1.54, 1.807) is 12.1 Å². The largest absolute Gasteiger partial charge is 0.487 e. The Balaban J connectivity index is 2.06. The Morgan fingerprint density at radius 2 is 1.95 bits per heavy atom. The van der Waals surface area contributed by atoms with Crippen LogP contribution in [-0.4, -0.2) is 11.5 Å². The highest BCUT2D eigenvalue weighted by Gasteiger charge is 2.07. The second-order valence-electron chi connectivity index (χ2n) is 4.42. The standard InChI is InChI=1S/C15H15Cl2FN2O/c1-2-7-19-15-6-5-12(17)14(20-15)9-21-10-3-4-11(16)13(18)8-10/h3-6,8H,2,7,9H2,1H3,(H,19,20). The molecule has 0 aliphatic rings. The molecule has 21 heavy (non-hydrogen) atoms. The Morgan fingerprint density at radius 1 is 1.19 bits per heavy atom. The van der Waals surface area contributed by atoms with E-state index in [2.05, 4.69) is 17.2 Å². The number of aromatic nitrogens is 1. The number of benzene rings is 1. The van der Waals surface area contributed by atoms with Gasteiger partial charge in [-0.3, -0.25) is 0 Å². The van der Waals surface area contributed by atoms with Crippen LogP contribution in [0.15, 0.2) is 30.3 Å². The molecule has 3 nitrogen and oxygen atoms in total. The number of hydrogen-bond acceptors (Lipinski definition) is 3. The summed E-state index contributed by atoms with van der Waals surface area (Å²) in [4.78, 5) is 4.38. The summed E-state index contributed by atoms with van der Waals surface area (Å²) in [5.41, 5.74) is 0.591. The van der Waals surface area contributed by atoms with Gasteiger partial charge in [0.15, 0.2) is 0 Å². The Hall–Kier alpha value is -1.52. The molecule has 112 valence electrons. The van der Waals surface area contributed by atoms with E-state index in [1.165, 1.54) is 12.1 Å². The van der Waals surface area contributed by atoms with Crippen molar-refractivity contribution in [1.29, 1.82) is 0 Å². The molecule has 0 aliphatic heterocycles. The van der Waals surface area contributed by atoms with E-state index in [0.29, 0.717) is 16.5 Å². The number of nitrogens with one attached hydrogen (secondary N) is 1. The lowest BCUT2D eigenvalue weighted by Gasteiger charge is -2.10. The summed E-state index contributed by atoms with van der Waals surface area (Å²) < 4.78 is 18.8. The van der Waals surface area contributed by atoms with Crippen LogP contribution in [0, 0.1) is 5.82 Å². The molecule has 0 aliphatic carbocycles. The zero-order valence-electron chi connectivity index (χ0n) is 11.5. The Labute approximate surface area is 133 Å². The third-order valence-corrected chi connectivity index (χ3v) is 3.39. The van der Waals surface area contributed by atoms with Crippen molar-refractivity contribution in [1.82, 2.24) is 4.98 Å².